The molecule has 1 aliphatic rings. The van der Waals surface area contributed by atoms with Gasteiger partial charge in [0.1, 0.15) is 17.3 Å². The molecule has 3 N–H and O–H groups in total. The molecular weight excluding hydrogens is 473 g/mol. The maximum absolute atomic E-state index is 13.8. The van der Waals surface area contributed by atoms with Crippen molar-refractivity contribution in [2.24, 2.45) is 5.92 Å². The minimum absolute atomic E-state index is 0.129. The highest BCUT2D eigenvalue weighted by atomic mass is 19.1. The van der Waals surface area contributed by atoms with E-state index in [1.165, 1.54) is 12.1 Å². The molecule has 2 amide bonds. The van der Waals surface area contributed by atoms with Crippen LogP contribution in [0.3, 0.4) is 0 Å². The molecule has 0 saturated carbocycles. The summed E-state index contributed by atoms with van der Waals surface area (Å²) in [7, 11) is 3.53. The van der Waals surface area contributed by atoms with E-state index in [1.807, 2.05) is 44.0 Å². The highest BCUT2D eigenvalue weighted by Crippen LogP contribution is 2.44. The van der Waals surface area contributed by atoms with Crippen molar-refractivity contribution in [3.8, 4) is 11.5 Å². The zero-order valence-corrected chi connectivity index (χ0v) is 22.6. The Labute approximate surface area is 220 Å². The van der Waals surface area contributed by atoms with E-state index in [-0.39, 0.29) is 17.8 Å². The summed E-state index contributed by atoms with van der Waals surface area (Å²) in [5.74, 6) is 0.267. The predicted octanol–water partition coefficient (Wildman–Crippen LogP) is 5.04. The number of amides is 2. The molecule has 0 bridgehead atoms. The van der Waals surface area contributed by atoms with Gasteiger partial charge in [-0.1, -0.05) is 24.3 Å². The molecule has 0 radical (unpaired) electrons. The fraction of sp³-hybridized carbons (Fsp3) is 0.552. The van der Waals surface area contributed by atoms with E-state index in [0.29, 0.717) is 49.7 Å². The molecule has 2 aromatic carbocycles. The number of urea groups is 1. The average molecular weight is 516 g/mol. The number of benzene rings is 2. The SMILES string of the molecule is CNCC(C)(C)NC(=O)N1CCC[C@@H]([C@@](O)(CCCCOC)c2ccccc2Oc2cccc(F)c2)C1. The lowest BCUT2D eigenvalue weighted by atomic mass is 9.73. The molecule has 204 valence electrons. The number of carbonyl (C=O) groups is 1. The third kappa shape index (κ3) is 7.90. The van der Waals surface area contributed by atoms with Gasteiger partial charge in [0, 0.05) is 56.4 Å². The Balaban J connectivity index is 1.89. The number of halogens is 1. The van der Waals surface area contributed by atoms with Gasteiger partial charge >= 0.3 is 6.03 Å². The second-order valence-electron chi connectivity index (χ2n) is 10.6. The lowest BCUT2D eigenvalue weighted by molar-refractivity contribution is -0.0576. The van der Waals surface area contributed by atoms with Gasteiger partial charge in [-0.3, -0.25) is 0 Å². The van der Waals surface area contributed by atoms with Crippen LogP contribution < -0.4 is 15.4 Å². The van der Waals surface area contributed by atoms with E-state index >= 15 is 0 Å². The molecular formula is C29H42FN3O4. The Morgan fingerprint density at radius 1 is 1.19 bits per heavy atom. The molecule has 2 atom stereocenters. The normalized spacial score (nSPS) is 17.8. The van der Waals surface area contributed by atoms with Crippen molar-refractivity contribution in [2.75, 3.05) is 40.4 Å². The molecule has 0 unspecified atom stereocenters. The molecule has 3 rings (SSSR count). The zero-order valence-electron chi connectivity index (χ0n) is 22.6. The summed E-state index contributed by atoms with van der Waals surface area (Å²) in [5.41, 5.74) is -0.989. The number of piperidine rings is 1. The van der Waals surface area contributed by atoms with Gasteiger partial charge in [0.25, 0.3) is 0 Å². The van der Waals surface area contributed by atoms with Crippen molar-refractivity contribution in [3.63, 3.8) is 0 Å². The largest absolute Gasteiger partial charge is 0.457 e. The first-order valence-corrected chi connectivity index (χ1v) is 13.1. The number of rotatable bonds is 12. The number of carbonyl (C=O) groups excluding carboxylic acids is 1. The van der Waals surface area contributed by atoms with Gasteiger partial charge < -0.3 is 30.1 Å². The highest BCUT2D eigenvalue weighted by molar-refractivity contribution is 5.75. The number of likely N-dealkylation sites (N-methyl/N-ethyl adjacent to an activating group) is 1. The van der Waals surface area contributed by atoms with Crippen LogP contribution in [-0.2, 0) is 10.3 Å². The van der Waals surface area contributed by atoms with E-state index < -0.39 is 11.1 Å². The topological polar surface area (TPSA) is 83.1 Å². The lowest BCUT2D eigenvalue weighted by Gasteiger charge is -2.44. The van der Waals surface area contributed by atoms with Crippen LogP contribution in [0.2, 0.25) is 0 Å². The van der Waals surface area contributed by atoms with Crippen LogP contribution in [0.5, 0.6) is 11.5 Å². The van der Waals surface area contributed by atoms with E-state index in [1.54, 1.807) is 25.3 Å². The quantitative estimate of drug-likeness (QED) is 0.345. The van der Waals surface area contributed by atoms with Gasteiger partial charge in [0.2, 0.25) is 0 Å². The van der Waals surface area contributed by atoms with E-state index in [9.17, 15) is 14.3 Å². The van der Waals surface area contributed by atoms with Crippen LogP contribution in [0.25, 0.3) is 0 Å². The Kier molecular flexibility index (Phi) is 10.3. The number of hydrogen-bond acceptors (Lipinski definition) is 5. The van der Waals surface area contributed by atoms with Crippen molar-refractivity contribution < 1.29 is 23.8 Å². The molecule has 1 aliphatic heterocycles. The summed E-state index contributed by atoms with van der Waals surface area (Å²) >= 11 is 0. The summed E-state index contributed by atoms with van der Waals surface area (Å²) in [6.07, 6.45) is 3.61. The minimum Gasteiger partial charge on any atom is -0.457 e. The van der Waals surface area contributed by atoms with Gasteiger partial charge in [0.05, 0.1) is 5.60 Å². The van der Waals surface area contributed by atoms with Crippen LogP contribution in [0.15, 0.2) is 48.5 Å². The third-order valence-electron chi connectivity index (χ3n) is 6.98. The first kappa shape index (κ1) is 28.9. The highest BCUT2D eigenvalue weighted by Gasteiger charge is 2.43. The van der Waals surface area contributed by atoms with E-state index in [2.05, 4.69) is 10.6 Å². The van der Waals surface area contributed by atoms with Gasteiger partial charge in [-0.15, -0.1) is 0 Å². The maximum Gasteiger partial charge on any atom is 0.317 e. The maximum atomic E-state index is 13.8. The number of nitrogens with zero attached hydrogens (tertiary/aromatic N) is 1. The third-order valence-corrected chi connectivity index (χ3v) is 6.98. The fourth-order valence-electron chi connectivity index (χ4n) is 5.18. The van der Waals surface area contributed by atoms with Crippen molar-refractivity contribution in [3.05, 3.63) is 59.9 Å². The number of likely N-dealkylation sites (tertiary alicyclic amines) is 1. The van der Waals surface area contributed by atoms with Crippen molar-refractivity contribution >= 4 is 6.03 Å². The standard InChI is InChI=1S/C29H42FN3O4/c1-28(2,21-31-3)32-27(34)33-17-10-11-22(20-33)29(35,16-7-8-18-36-4)25-14-5-6-15-26(25)37-24-13-9-12-23(30)19-24/h5-6,9,12-15,19,22,31,35H,7-8,10-11,16-18,20-21H2,1-4H3,(H,32,34)/t22-,29+/m1/s1. The average Bonchev–Trinajstić information content (AvgIpc) is 2.86. The predicted molar refractivity (Wildman–Crippen MR) is 143 cm³/mol. The molecule has 1 heterocycles. The first-order valence-electron chi connectivity index (χ1n) is 13.1. The molecule has 1 fully saturated rings. The Bertz CT molecular complexity index is 1020. The van der Waals surface area contributed by atoms with Crippen molar-refractivity contribution in [2.45, 2.75) is 57.1 Å². The molecule has 8 heteroatoms. The summed E-state index contributed by atoms with van der Waals surface area (Å²) in [6.45, 7) is 6.28. The molecule has 0 aliphatic carbocycles. The van der Waals surface area contributed by atoms with Crippen molar-refractivity contribution in [1.82, 2.24) is 15.5 Å². The monoisotopic (exact) mass is 515 g/mol. The first-order chi connectivity index (χ1) is 17.7. The van der Waals surface area contributed by atoms with Crippen LogP contribution in [0.1, 0.15) is 51.5 Å². The van der Waals surface area contributed by atoms with Crippen LogP contribution in [-0.4, -0.2) is 62.0 Å². The molecule has 0 spiro atoms. The second kappa shape index (κ2) is 13.2. The molecule has 37 heavy (non-hydrogen) atoms. The van der Waals surface area contributed by atoms with Gasteiger partial charge in [-0.25, -0.2) is 9.18 Å². The Morgan fingerprint density at radius 2 is 1.97 bits per heavy atom. The smallest absolute Gasteiger partial charge is 0.317 e. The summed E-state index contributed by atoms with van der Waals surface area (Å²) in [6, 6.07) is 13.2. The molecule has 1 saturated heterocycles. The number of ether oxygens (including phenoxy) is 2. The van der Waals surface area contributed by atoms with E-state index in [4.69, 9.17) is 9.47 Å². The number of nitrogens with one attached hydrogen (secondary N) is 2. The number of methoxy groups -OCH3 is 1. The van der Waals surface area contributed by atoms with Crippen LogP contribution in [0, 0.1) is 11.7 Å². The summed E-state index contributed by atoms with van der Waals surface area (Å²) < 4.78 is 25.2. The van der Waals surface area contributed by atoms with Crippen molar-refractivity contribution in [1.29, 1.82) is 0 Å². The van der Waals surface area contributed by atoms with E-state index in [0.717, 1.165) is 25.7 Å². The Morgan fingerprint density at radius 3 is 2.70 bits per heavy atom. The number of para-hydroxylation sites is 1. The van der Waals surface area contributed by atoms with Gasteiger partial charge in [0.15, 0.2) is 0 Å². The fourth-order valence-corrected chi connectivity index (χ4v) is 5.18. The molecule has 7 nitrogen and oxygen atoms in total. The van der Waals surface area contributed by atoms with Gasteiger partial charge in [-0.05, 0) is 71.2 Å². The summed E-state index contributed by atoms with van der Waals surface area (Å²) in [4.78, 5) is 15.0. The molecule has 0 aromatic heterocycles. The number of unbranched alkanes of at least 4 members (excludes halogenated alkanes) is 1. The minimum atomic E-state index is -1.24. The number of hydrogen-bond donors (Lipinski definition) is 3. The summed E-state index contributed by atoms with van der Waals surface area (Å²) in [5, 5.41) is 18.6. The zero-order chi connectivity index (χ0) is 26.9. The Hall–Kier alpha value is -2.68. The van der Waals surface area contributed by atoms with Crippen LogP contribution in [0.4, 0.5) is 9.18 Å². The molecule has 2 aromatic rings. The lowest BCUT2D eigenvalue weighted by Crippen LogP contribution is -2.57. The van der Waals surface area contributed by atoms with Crippen LogP contribution >= 0.6 is 0 Å². The van der Waals surface area contributed by atoms with Gasteiger partial charge in [-0.2, -0.15) is 0 Å². The number of aliphatic hydroxyl groups is 1. The second-order valence-corrected chi connectivity index (χ2v) is 10.6.